The molecule has 0 saturated heterocycles. The number of carbonyl (C=O) groups is 1. The quantitative estimate of drug-likeness (QED) is 0.0387. The molecule has 48 heavy (non-hydrogen) atoms. The van der Waals surface area contributed by atoms with E-state index in [9.17, 15) is 20.1 Å². The Hall–Kier alpha value is -1.17. The second-order valence-corrected chi connectivity index (χ2v) is 14.6. The molecular formula is C43H83NO4. The minimum absolute atomic E-state index is 0.364. The highest BCUT2D eigenvalue weighted by Gasteiger charge is 2.22. The van der Waals surface area contributed by atoms with E-state index >= 15 is 0 Å². The van der Waals surface area contributed by atoms with Gasteiger partial charge in [0.15, 0.2) is 0 Å². The lowest BCUT2D eigenvalue weighted by Gasteiger charge is -2.21. The van der Waals surface area contributed by atoms with E-state index in [1.807, 2.05) is 6.08 Å². The molecule has 3 atom stereocenters. The zero-order valence-electron chi connectivity index (χ0n) is 32.1. The molecule has 0 saturated carbocycles. The standard InChI is InChI=1S/C43H83NO4/c1-3-5-7-9-11-13-15-17-19-21-22-24-26-28-30-32-34-36-38-42(47)43(48)44-40(39-45)41(46)37-35-33-31-29-27-25-23-20-18-16-14-12-10-8-6-4-2/h21-22,35,37,40-42,45-47H,3-20,23-34,36,38-39H2,1-2H3,(H,44,48)/b22-21-,37-35+. The van der Waals surface area contributed by atoms with Crippen molar-refractivity contribution in [2.75, 3.05) is 6.61 Å². The Balaban J connectivity index is 3.70. The van der Waals surface area contributed by atoms with Crippen LogP contribution < -0.4 is 5.32 Å². The Labute approximate surface area is 299 Å². The molecule has 0 aliphatic rings. The number of aliphatic hydroxyl groups excluding tert-OH is 3. The van der Waals surface area contributed by atoms with Crippen LogP contribution in [0.3, 0.4) is 0 Å². The van der Waals surface area contributed by atoms with Gasteiger partial charge in [-0.05, 0) is 44.9 Å². The SMILES string of the molecule is CCCCCCCCCC/C=C\CCCCCCCCC(O)C(=O)NC(CO)C(O)/C=C/CCCCCCCCCCCCCCCC. The summed E-state index contributed by atoms with van der Waals surface area (Å²) in [5, 5.41) is 33.1. The molecule has 284 valence electrons. The zero-order valence-corrected chi connectivity index (χ0v) is 32.1. The molecule has 0 aromatic heterocycles. The number of allylic oxidation sites excluding steroid dienone is 3. The predicted molar refractivity (Wildman–Crippen MR) is 208 cm³/mol. The van der Waals surface area contributed by atoms with Gasteiger partial charge in [0.2, 0.25) is 5.91 Å². The number of nitrogens with one attached hydrogen (secondary N) is 1. The number of unbranched alkanes of at least 4 members (excludes halogenated alkanes) is 28. The van der Waals surface area contributed by atoms with Crippen LogP contribution in [-0.4, -0.2) is 46.1 Å². The topological polar surface area (TPSA) is 89.8 Å². The third kappa shape index (κ3) is 33.3. The van der Waals surface area contributed by atoms with E-state index in [0.29, 0.717) is 6.42 Å². The van der Waals surface area contributed by atoms with E-state index in [2.05, 4.69) is 31.3 Å². The van der Waals surface area contributed by atoms with Crippen molar-refractivity contribution >= 4 is 5.91 Å². The highest BCUT2D eigenvalue weighted by Crippen LogP contribution is 2.15. The van der Waals surface area contributed by atoms with Crippen molar-refractivity contribution in [2.24, 2.45) is 0 Å². The molecular weight excluding hydrogens is 594 g/mol. The molecule has 0 aromatic carbocycles. The van der Waals surface area contributed by atoms with Crippen LogP contribution >= 0.6 is 0 Å². The van der Waals surface area contributed by atoms with E-state index in [-0.39, 0.29) is 6.61 Å². The first-order valence-corrected chi connectivity index (χ1v) is 21.2. The summed E-state index contributed by atoms with van der Waals surface area (Å²) >= 11 is 0. The molecule has 0 fully saturated rings. The van der Waals surface area contributed by atoms with Crippen molar-refractivity contribution in [3.63, 3.8) is 0 Å². The lowest BCUT2D eigenvalue weighted by atomic mass is 10.0. The molecule has 3 unspecified atom stereocenters. The Bertz CT molecular complexity index is 709. The average Bonchev–Trinajstić information content (AvgIpc) is 3.09. The van der Waals surface area contributed by atoms with Gasteiger partial charge in [-0.2, -0.15) is 0 Å². The Kier molecular flexibility index (Phi) is 37.7. The van der Waals surface area contributed by atoms with Crippen LogP contribution in [0, 0.1) is 0 Å². The zero-order chi connectivity index (χ0) is 35.2. The van der Waals surface area contributed by atoms with Crippen molar-refractivity contribution in [3.05, 3.63) is 24.3 Å². The molecule has 4 N–H and O–H groups in total. The van der Waals surface area contributed by atoms with E-state index in [1.54, 1.807) is 6.08 Å². The molecule has 0 aliphatic heterocycles. The van der Waals surface area contributed by atoms with Gasteiger partial charge in [0.05, 0.1) is 18.8 Å². The lowest BCUT2D eigenvalue weighted by Crippen LogP contribution is -2.48. The van der Waals surface area contributed by atoms with Crippen LogP contribution in [0.25, 0.3) is 0 Å². The van der Waals surface area contributed by atoms with Gasteiger partial charge in [0.25, 0.3) is 0 Å². The third-order valence-corrected chi connectivity index (χ3v) is 9.79. The molecule has 0 heterocycles. The van der Waals surface area contributed by atoms with E-state index < -0.39 is 24.2 Å². The van der Waals surface area contributed by atoms with E-state index in [4.69, 9.17) is 0 Å². The first-order chi connectivity index (χ1) is 23.6. The maximum Gasteiger partial charge on any atom is 0.249 e. The van der Waals surface area contributed by atoms with Gasteiger partial charge in [-0.3, -0.25) is 4.79 Å². The van der Waals surface area contributed by atoms with E-state index in [0.717, 1.165) is 32.1 Å². The van der Waals surface area contributed by atoms with Crippen molar-refractivity contribution in [2.45, 2.75) is 238 Å². The second-order valence-electron chi connectivity index (χ2n) is 14.6. The first-order valence-electron chi connectivity index (χ1n) is 21.2. The second kappa shape index (κ2) is 38.6. The molecule has 5 heteroatoms. The fourth-order valence-corrected chi connectivity index (χ4v) is 6.41. The fourth-order valence-electron chi connectivity index (χ4n) is 6.41. The van der Waals surface area contributed by atoms with Gasteiger partial charge in [-0.1, -0.05) is 199 Å². The maximum atomic E-state index is 12.4. The van der Waals surface area contributed by atoms with Crippen molar-refractivity contribution in [1.82, 2.24) is 5.32 Å². The summed E-state index contributed by atoms with van der Waals surface area (Å²) in [5.74, 6) is -0.507. The normalized spacial score (nSPS) is 13.9. The molecule has 5 nitrogen and oxygen atoms in total. The van der Waals surface area contributed by atoms with Crippen molar-refractivity contribution < 1.29 is 20.1 Å². The number of rotatable bonds is 38. The monoisotopic (exact) mass is 678 g/mol. The fraction of sp³-hybridized carbons (Fsp3) is 0.884. The maximum absolute atomic E-state index is 12.4. The highest BCUT2D eigenvalue weighted by atomic mass is 16.3. The Morgan fingerprint density at radius 2 is 0.833 bits per heavy atom. The smallest absolute Gasteiger partial charge is 0.249 e. The summed E-state index contributed by atoms with van der Waals surface area (Å²) < 4.78 is 0. The van der Waals surface area contributed by atoms with Gasteiger partial charge in [0, 0.05) is 0 Å². The minimum atomic E-state index is -1.10. The van der Waals surface area contributed by atoms with Gasteiger partial charge in [-0.25, -0.2) is 0 Å². The molecule has 0 aliphatic carbocycles. The van der Waals surface area contributed by atoms with Crippen LogP contribution in [0.15, 0.2) is 24.3 Å². The van der Waals surface area contributed by atoms with Crippen molar-refractivity contribution in [3.8, 4) is 0 Å². The average molecular weight is 678 g/mol. The number of carbonyl (C=O) groups excluding carboxylic acids is 1. The molecule has 0 bridgehead atoms. The number of hydrogen-bond donors (Lipinski definition) is 4. The minimum Gasteiger partial charge on any atom is -0.394 e. The summed E-state index contributed by atoms with van der Waals surface area (Å²) in [5.41, 5.74) is 0. The largest absolute Gasteiger partial charge is 0.394 e. The van der Waals surface area contributed by atoms with Gasteiger partial charge in [0.1, 0.15) is 6.10 Å². The summed E-state index contributed by atoms with van der Waals surface area (Å²) in [7, 11) is 0. The number of amides is 1. The lowest BCUT2D eigenvalue weighted by molar-refractivity contribution is -0.131. The Morgan fingerprint density at radius 1 is 0.500 bits per heavy atom. The highest BCUT2D eigenvalue weighted by molar-refractivity contribution is 5.80. The first kappa shape index (κ1) is 46.8. The van der Waals surface area contributed by atoms with Crippen LogP contribution in [0.2, 0.25) is 0 Å². The molecule has 0 spiro atoms. The number of aliphatic hydroxyl groups is 3. The van der Waals surface area contributed by atoms with E-state index in [1.165, 1.54) is 167 Å². The van der Waals surface area contributed by atoms with Crippen molar-refractivity contribution in [1.29, 1.82) is 0 Å². The van der Waals surface area contributed by atoms with Gasteiger partial charge < -0.3 is 20.6 Å². The third-order valence-electron chi connectivity index (χ3n) is 9.79. The van der Waals surface area contributed by atoms with Gasteiger partial charge in [-0.15, -0.1) is 0 Å². The molecule has 0 aromatic rings. The number of hydrogen-bond acceptors (Lipinski definition) is 4. The summed E-state index contributed by atoms with van der Waals surface area (Å²) in [6.07, 6.45) is 46.3. The summed E-state index contributed by atoms with van der Waals surface area (Å²) in [6, 6.07) is -0.797. The van der Waals surface area contributed by atoms with Crippen LogP contribution in [-0.2, 0) is 4.79 Å². The van der Waals surface area contributed by atoms with Gasteiger partial charge >= 0.3 is 0 Å². The molecule has 0 rings (SSSR count). The summed E-state index contributed by atoms with van der Waals surface area (Å²) in [6.45, 7) is 4.18. The van der Waals surface area contributed by atoms with Crippen LogP contribution in [0.1, 0.15) is 219 Å². The Morgan fingerprint density at radius 3 is 1.21 bits per heavy atom. The predicted octanol–water partition coefficient (Wildman–Crippen LogP) is 11.8. The van der Waals surface area contributed by atoms with Crippen LogP contribution in [0.4, 0.5) is 0 Å². The molecule has 1 amide bonds. The van der Waals surface area contributed by atoms with Crippen LogP contribution in [0.5, 0.6) is 0 Å². The summed E-state index contributed by atoms with van der Waals surface area (Å²) in [4.78, 5) is 12.4. The molecule has 0 radical (unpaired) electrons.